The molecule has 1 unspecified atom stereocenters. The highest BCUT2D eigenvalue weighted by atomic mass is 19.1. The standard InChI is InChI=1S/C16H18FNO2/c1-18-16(11-7-9-12(19-2)10-8-11)13-5-4-6-14(20-3)15(13)17/h4-10,16,18H,1-3H3. The summed E-state index contributed by atoms with van der Waals surface area (Å²) in [6.07, 6.45) is 0. The zero-order valence-electron chi connectivity index (χ0n) is 11.8. The summed E-state index contributed by atoms with van der Waals surface area (Å²) in [5.74, 6) is 0.677. The van der Waals surface area contributed by atoms with E-state index in [1.807, 2.05) is 24.3 Å². The summed E-state index contributed by atoms with van der Waals surface area (Å²) in [5.41, 5.74) is 1.51. The molecule has 20 heavy (non-hydrogen) atoms. The molecule has 2 rings (SSSR count). The van der Waals surface area contributed by atoms with Crippen LogP contribution in [0.1, 0.15) is 17.2 Å². The molecule has 0 saturated heterocycles. The van der Waals surface area contributed by atoms with E-state index in [1.54, 1.807) is 32.4 Å². The topological polar surface area (TPSA) is 30.5 Å². The van der Waals surface area contributed by atoms with E-state index in [4.69, 9.17) is 9.47 Å². The number of rotatable bonds is 5. The first-order chi connectivity index (χ1) is 9.71. The fraction of sp³-hybridized carbons (Fsp3) is 0.250. The molecule has 0 aliphatic heterocycles. The van der Waals surface area contributed by atoms with E-state index < -0.39 is 0 Å². The van der Waals surface area contributed by atoms with Gasteiger partial charge in [-0.3, -0.25) is 0 Å². The molecule has 0 spiro atoms. The number of methoxy groups -OCH3 is 2. The second-order valence-electron chi connectivity index (χ2n) is 4.36. The maximum Gasteiger partial charge on any atom is 0.170 e. The molecule has 2 aromatic carbocycles. The SMILES string of the molecule is CNC(c1ccc(OC)cc1)c1cccc(OC)c1F. The van der Waals surface area contributed by atoms with E-state index in [-0.39, 0.29) is 17.6 Å². The minimum Gasteiger partial charge on any atom is -0.497 e. The van der Waals surface area contributed by atoms with Crippen LogP contribution < -0.4 is 14.8 Å². The third-order valence-corrected chi connectivity index (χ3v) is 3.26. The van der Waals surface area contributed by atoms with E-state index in [0.717, 1.165) is 11.3 Å². The van der Waals surface area contributed by atoms with Gasteiger partial charge in [0, 0.05) is 5.56 Å². The zero-order chi connectivity index (χ0) is 14.5. The van der Waals surface area contributed by atoms with E-state index >= 15 is 0 Å². The van der Waals surface area contributed by atoms with Crippen LogP contribution >= 0.6 is 0 Å². The molecule has 0 aliphatic rings. The molecule has 1 N–H and O–H groups in total. The van der Waals surface area contributed by atoms with Crippen molar-refractivity contribution in [1.29, 1.82) is 0 Å². The van der Waals surface area contributed by atoms with Crippen LogP contribution in [0.4, 0.5) is 4.39 Å². The number of nitrogens with one attached hydrogen (secondary N) is 1. The van der Waals surface area contributed by atoms with Crippen molar-refractivity contribution in [3.63, 3.8) is 0 Å². The summed E-state index contributed by atoms with van der Waals surface area (Å²) in [5, 5.41) is 3.13. The minimum atomic E-state index is -0.342. The van der Waals surface area contributed by atoms with Crippen LogP contribution in [0.15, 0.2) is 42.5 Å². The maximum absolute atomic E-state index is 14.4. The van der Waals surface area contributed by atoms with Crippen LogP contribution in [-0.2, 0) is 0 Å². The smallest absolute Gasteiger partial charge is 0.170 e. The van der Waals surface area contributed by atoms with Crippen molar-refractivity contribution in [3.05, 3.63) is 59.4 Å². The summed E-state index contributed by atoms with van der Waals surface area (Å²) in [6.45, 7) is 0. The lowest BCUT2D eigenvalue weighted by molar-refractivity contribution is 0.382. The molecule has 106 valence electrons. The monoisotopic (exact) mass is 275 g/mol. The summed E-state index contributed by atoms with van der Waals surface area (Å²) in [6, 6.07) is 12.5. The molecule has 0 heterocycles. The third kappa shape index (κ3) is 2.75. The Bertz CT molecular complexity index is 569. The molecular weight excluding hydrogens is 257 g/mol. The molecule has 4 heteroatoms. The first kappa shape index (κ1) is 14.3. The van der Waals surface area contributed by atoms with Crippen LogP contribution in [0.25, 0.3) is 0 Å². The van der Waals surface area contributed by atoms with Crippen LogP contribution in [0.5, 0.6) is 11.5 Å². The second-order valence-corrected chi connectivity index (χ2v) is 4.36. The van der Waals surface area contributed by atoms with Gasteiger partial charge in [-0.2, -0.15) is 0 Å². The van der Waals surface area contributed by atoms with Crippen molar-refractivity contribution in [1.82, 2.24) is 5.32 Å². The number of hydrogen-bond donors (Lipinski definition) is 1. The molecule has 3 nitrogen and oxygen atoms in total. The summed E-state index contributed by atoms with van der Waals surface area (Å²) >= 11 is 0. The van der Waals surface area contributed by atoms with Gasteiger partial charge in [0.15, 0.2) is 11.6 Å². The predicted molar refractivity (Wildman–Crippen MR) is 76.8 cm³/mol. The Kier molecular flexibility index (Phi) is 4.58. The van der Waals surface area contributed by atoms with Crippen molar-refractivity contribution in [2.45, 2.75) is 6.04 Å². The first-order valence-corrected chi connectivity index (χ1v) is 6.35. The van der Waals surface area contributed by atoms with E-state index in [2.05, 4.69) is 5.32 Å². The van der Waals surface area contributed by atoms with Crippen LogP contribution in [0, 0.1) is 5.82 Å². The lowest BCUT2D eigenvalue weighted by Gasteiger charge is -2.19. The van der Waals surface area contributed by atoms with E-state index in [0.29, 0.717) is 5.56 Å². The molecule has 0 bridgehead atoms. The minimum absolute atomic E-state index is 0.240. The number of ether oxygens (including phenoxy) is 2. The van der Waals surface area contributed by atoms with Crippen LogP contribution in [0.2, 0.25) is 0 Å². The Morgan fingerprint density at radius 2 is 1.70 bits per heavy atom. The summed E-state index contributed by atoms with van der Waals surface area (Å²) < 4.78 is 24.5. The third-order valence-electron chi connectivity index (χ3n) is 3.26. The second kappa shape index (κ2) is 6.39. The van der Waals surface area contributed by atoms with Crippen LogP contribution in [-0.4, -0.2) is 21.3 Å². The molecule has 0 aliphatic carbocycles. The van der Waals surface area contributed by atoms with Crippen molar-refractivity contribution < 1.29 is 13.9 Å². The zero-order valence-corrected chi connectivity index (χ0v) is 11.8. The highest BCUT2D eigenvalue weighted by molar-refractivity contribution is 5.40. The largest absolute Gasteiger partial charge is 0.497 e. The number of benzene rings is 2. The molecular formula is C16H18FNO2. The first-order valence-electron chi connectivity index (χ1n) is 6.35. The van der Waals surface area contributed by atoms with Gasteiger partial charge in [-0.1, -0.05) is 24.3 Å². The van der Waals surface area contributed by atoms with Gasteiger partial charge in [0.1, 0.15) is 5.75 Å². The lowest BCUT2D eigenvalue weighted by Crippen LogP contribution is -2.19. The molecule has 0 amide bonds. The van der Waals surface area contributed by atoms with Gasteiger partial charge in [0.05, 0.1) is 20.3 Å². The van der Waals surface area contributed by atoms with E-state index in [1.165, 1.54) is 7.11 Å². The Labute approximate surface area is 118 Å². The maximum atomic E-state index is 14.4. The van der Waals surface area contributed by atoms with Gasteiger partial charge in [0.25, 0.3) is 0 Å². The normalized spacial score (nSPS) is 12.0. The highest BCUT2D eigenvalue weighted by Crippen LogP contribution is 2.29. The average molecular weight is 275 g/mol. The van der Waals surface area contributed by atoms with Gasteiger partial charge in [0.2, 0.25) is 0 Å². The van der Waals surface area contributed by atoms with Gasteiger partial charge >= 0.3 is 0 Å². The summed E-state index contributed by atoms with van der Waals surface area (Å²) in [7, 11) is 4.88. The molecule has 2 aromatic rings. The fourth-order valence-corrected chi connectivity index (χ4v) is 2.21. The van der Waals surface area contributed by atoms with Gasteiger partial charge < -0.3 is 14.8 Å². The van der Waals surface area contributed by atoms with Gasteiger partial charge in [-0.15, -0.1) is 0 Å². The lowest BCUT2D eigenvalue weighted by atomic mass is 9.98. The fourth-order valence-electron chi connectivity index (χ4n) is 2.21. The number of halogens is 1. The predicted octanol–water partition coefficient (Wildman–Crippen LogP) is 3.15. The van der Waals surface area contributed by atoms with Crippen molar-refractivity contribution in [2.24, 2.45) is 0 Å². The van der Waals surface area contributed by atoms with Crippen LogP contribution in [0.3, 0.4) is 0 Å². The average Bonchev–Trinajstić information content (AvgIpc) is 2.50. The summed E-state index contributed by atoms with van der Waals surface area (Å²) in [4.78, 5) is 0. The Balaban J connectivity index is 2.41. The molecule has 0 fully saturated rings. The highest BCUT2D eigenvalue weighted by Gasteiger charge is 2.18. The molecule has 0 saturated carbocycles. The van der Waals surface area contributed by atoms with E-state index in [9.17, 15) is 4.39 Å². The Morgan fingerprint density at radius 1 is 1.00 bits per heavy atom. The van der Waals surface area contributed by atoms with Crippen molar-refractivity contribution in [2.75, 3.05) is 21.3 Å². The molecule has 0 radical (unpaired) electrons. The van der Waals surface area contributed by atoms with Gasteiger partial charge in [-0.05, 0) is 30.8 Å². The molecule has 1 atom stereocenters. The molecule has 0 aromatic heterocycles. The Morgan fingerprint density at radius 3 is 2.25 bits per heavy atom. The van der Waals surface area contributed by atoms with Crippen molar-refractivity contribution in [3.8, 4) is 11.5 Å². The number of hydrogen-bond acceptors (Lipinski definition) is 3. The Hall–Kier alpha value is -2.07. The van der Waals surface area contributed by atoms with Gasteiger partial charge in [-0.25, -0.2) is 4.39 Å². The van der Waals surface area contributed by atoms with Crippen molar-refractivity contribution >= 4 is 0 Å². The quantitative estimate of drug-likeness (QED) is 0.909.